The molecular formula is C17H29IN4O2. The fraction of sp³-hybridized carbons (Fsp3) is 0.529. The Bertz CT molecular complexity index is 481. The Kier molecular flexibility index (Phi) is 13.0. The second-order valence-corrected chi connectivity index (χ2v) is 5.29. The van der Waals surface area contributed by atoms with Gasteiger partial charge in [-0.1, -0.05) is 32.0 Å². The van der Waals surface area contributed by atoms with Crippen LogP contribution in [-0.2, 0) is 4.79 Å². The van der Waals surface area contributed by atoms with Crippen molar-refractivity contribution in [3.8, 4) is 5.75 Å². The summed E-state index contributed by atoms with van der Waals surface area (Å²) >= 11 is 0. The van der Waals surface area contributed by atoms with Crippen LogP contribution in [0.15, 0.2) is 35.3 Å². The van der Waals surface area contributed by atoms with Gasteiger partial charge in [0.25, 0.3) is 0 Å². The molecule has 1 rings (SSSR count). The molecule has 0 atom stereocenters. The number of hydrogen-bond acceptors (Lipinski definition) is 3. The predicted octanol–water partition coefficient (Wildman–Crippen LogP) is 2.01. The molecular weight excluding hydrogens is 419 g/mol. The molecule has 0 unspecified atom stereocenters. The Morgan fingerprint density at radius 3 is 2.46 bits per heavy atom. The molecule has 0 saturated carbocycles. The number of para-hydroxylation sites is 1. The summed E-state index contributed by atoms with van der Waals surface area (Å²) in [4.78, 5) is 15.9. The number of rotatable bonds is 9. The third-order valence-corrected chi connectivity index (χ3v) is 2.96. The Hall–Kier alpha value is -1.51. The van der Waals surface area contributed by atoms with Crippen molar-refractivity contribution >= 4 is 35.8 Å². The quantitative estimate of drug-likeness (QED) is 0.234. The van der Waals surface area contributed by atoms with Gasteiger partial charge in [0, 0.05) is 19.0 Å². The van der Waals surface area contributed by atoms with E-state index in [1.807, 2.05) is 51.1 Å². The molecule has 1 aromatic rings. The summed E-state index contributed by atoms with van der Waals surface area (Å²) in [5.74, 6) is 1.63. The van der Waals surface area contributed by atoms with Crippen LogP contribution in [0.4, 0.5) is 0 Å². The lowest BCUT2D eigenvalue weighted by Gasteiger charge is -2.12. The minimum Gasteiger partial charge on any atom is -0.492 e. The highest BCUT2D eigenvalue weighted by Gasteiger charge is 2.04. The van der Waals surface area contributed by atoms with Crippen LogP contribution in [0.3, 0.4) is 0 Å². The molecule has 0 fully saturated rings. The summed E-state index contributed by atoms with van der Waals surface area (Å²) in [6.07, 6.45) is 0. The third kappa shape index (κ3) is 10.3. The molecule has 7 heteroatoms. The van der Waals surface area contributed by atoms with Crippen molar-refractivity contribution in [1.29, 1.82) is 0 Å². The highest BCUT2D eigenvalue weighted by Crippen LogP contribution is 2.07. The van der Waals surface area contributed by atoms with E-state index in [1.165, 1.54) is 0 Å². The molecule has 0 aliphatic heterocycles. The minimum atomic E-state index is 0. The lowest BCUT2D eigenvalue weighted by atomic mass is 10.2. The molecule has 6 nitrogen and oxygen atoms in total. The van der Waals surface area contributed by atoms with Crippen LogP contribution >= 0.6 is 24.0 Å². The van der Waals surface area contributed by atoms with Crippen molar-refractivity contribution < 1.29 is 9.53 Å². The summed E-state index contributed by atoms with van der Waals surface area (Å²) in [6, 6.07) is 9.70. The fourth-order valence-electron chi connectivity index (χ4n) is 1.75. The number of hydrogen-bond donors (Lipinski definition) is 3. The monoisotopic (exact) mass is 448 g/mol. The number of aliphatic imine (C=N–C) groups is 1. The number of carbonyl (C=O) groups excluding carboxylic acids is 1. The SMILES string of the molecule is CCNC(=NCCNC(=O)C(C)C)NCCOc1ccccc1.I. The smallest absolute Gasteiger partial charge is 0.222 e. The summed E-state index contributed by atoms with van der Waals surface area (Å²) in [5, 5.41) is 9.21. The zero-order valence-corrected chi connectivity index (χ0v) is 17.0. The number of guanidine groups is 1. The maximum atomic E-state index is 11.5. The number of benzene rings is 1. The van der Waals surface area contributed by atoms with E-state index in [0.717, 1.165) is 18.3 Å². The van der Waals surface area contributed by atoms with Crippen LogP contribution in [0.2, 0.25) is 0 Å². The lowest BCUT2D eigenvalue weighted by molar-refractivity contribution is -0.123. The molecule has 3 N–H and O–H groups in total. The van der Waals surface area contributed by atoms with Crippen molar-refractivity contribution in [1.82, 2.24) is 16.0 Å². The zero-order valence-electron chi connectivity index (χ0n) is 14.7. The number of carbonyl (C=O) groups is 1. The van der Waals surface area contributed by atoms with E-state index in [0.29, 0.717) is 26.2 Å². The number of ether oxygens (including phenoxy) is 1. The molecule has 136 valence electrons. The van der Waals surface area contributed by atoms with Crippen molar-refractivity contribution in [2.75, 3.05) is 32.8 Å². The topological polar surface area (TPSA) is 74.8 Å². The Balaban J connectivity index is 0.00000529. The van der Waals surface area contributed by atoms with Gasteiger partial charge in [-0.25, -0.2) is 0 Å². The molecule has 1 amide bonds. The van der Waals surface area contributed by atoms with Crippen LogP contribution < -0.4 is 20.7 Å². The summed E-state index contributed by atoms with van der Waals surface area (Å²) < 4.78 is 5.62. The van der Waals surface area contributed by atoms with Gasteiger partial charge < -0.3 is 20.7 Å². The molecule has 0 heterocycles. The van der Waals surface area contributed by atoms with E-state index in [2.05, 4.69) is 20.9 Å². The van der Waals surface area contributed by atoms with Gasteiger partial charge in [0.05, 0.1) is 13.1 Å². The molecule has 1 aromatic carbocycles. The van der Waals surface area contributed by atoms with Gasteiger partial charge in [-0.3, -0.25) is 9.79 Å². The van der Waals surface area contributed by atoms with Gasteiger partial charge in [0.2, 0.25) is 5.91 Å². The Labute approximate surface area is 161 Å². The second-order valence-electron chi connectivity index (χ2n) is 5.29. The van der Waals surface area contributed by atoms with Gasteiger partial charge in [-0.15, -0.1) is 24.0 Å². The van der Waals surface area contributed by atoms with Crippen molar-refractivity contribution in [3.05, 3.63) is 30.3 Å². The largest absolute Gasteiger partial charge is 0.492 e. The first-order valence-corrected chi connectivity index (χ1v) is 8.11. The van der Waals surface area contributed by atoms with Crippen LogP contribution in [0, 0.1) is 5.92 Å². The van der Waals surface area contributed by atoms with Crippen LogP contribution in [0.25, 0.3) is 0 Å². The third-order valence-electron chi connectivity index (χ3n) is 2.96. The van der Waals surface area contributed by atoms with E-state index >= 15 is 0 Å². The second kappa shape index (κ2) is 13.9. The average Bonchev–Trinajstić information content (AvgIpc) is 2.55. The van der Waals surface area contributed by atoms with E-state index in [4.69, 9.17) is 4.74 Å². The number of nitrogens with one attached hydrogen (secondary N) is 3. The average molecular weight is 448 g/mol. The van der Waals surface area contributed by atoms with E-state index in [9.17, 15) is 4.79 Å². The standard InChI is InChI=1S/C17H28N4O2.HI/c1-4-18-17(20-11-10-19-16(22)14(2)3)21-12-13-23-15-8-6-5-7-9-15;/h5-9,14H,4,10-13H2,1-3H3,(H,19,22)(H2,18,20,21);1H. The van der Waals surface area contributed by atoms with E-state index in [-0.39, 0.29) is 35.8 Å². The Morgan fingerprint density at radius 1 is 1.12 bits per heavy atom. The van der Waals surface area contributed by atoms with Crippen LogP contribution in [0.5, 0.6) is 5.75 Å². The normalized spacial score (nSPS) is 10.8. The van der Waals surface area contributed by atoms with Crippen LogP contribution in [-0.4, -0.2) is 44.7 Å². The first-order valence-electron chi connectivity index (χ1n) is 8.11. The Morgan fingerprint density at radius 2 is 1.83 bits per heavy atom. The molecule has 0 bridgehead atoms. The predicted molar refractivity (Wildman–Crippen MR) is 109 cm³/mol. The maximum absolute atomic E-state index is 11.5. The highest BCUT2D eigenvalue weighted by molar-refractivity contribution is 14.0. The van der Waals surface area contributed by atoms with Crippen molar-refractivity contribution in [2.24, 2.45) is 10.9 Å². The van der Waals surface area contributed by atoms with Crippen LogP contribution in [0.1, 0.15) is 20.8 Å². The number of halogens is 1. The fourth-order valence-corrected chi connectivity index (χ4v) is 1.75. The van der Waals surface area contributed by atoms with E-state index in [1.54, 1.807) is 0 Å². The van der Waals surface area contributed by atoms with Gasteiger partial charge in [-0.05, 0) is 19.1 Å². The molecule has 0 spiro atoms. The van der Waals surface area contributed by atoms with Crippen molar-refractivity contribution in [3.63, 3.8) is 0 Å². The van der Waals surface area contributed by atoms with Gasteiger partial charge in [0.1, 0.15) is 12.4 Å². The van der Waals surface area contributed by atoms with Gasteiger partial charge in [-0.2, -0.15) is 0 Å². The number of amides is 1. The molecule has 0 saturated heterocycles. The zero-order chi connectivity index (χ0) is 16.9. The molecule has 0 aliphatic rings. The molecule has 0 aliphatic carbocycles. The molecule has 24 heavy (non-hydrogen) atoms. The van der Waals surface area contributed by atoms with Crippen molar-refractivity contribution in [2.45, 2.75) is 20.8 Å². The molecule has 0 aromatic heterocycles. The maximum Gasteiger partial charge on any atom is 0.222 e. The lowest BCUT2D eigenvalue weighted by Crippen LogP contribution is -2.40. The van der Waals surface area contributed by atoms with Gasteiger partial charge >= 0.3 is 0 Å². The first kappa shape index (κ1) is 22.5. The summed E-state index contributed by atoms with van der Waals surface area (Å²) in [5.41, 5.74) is 0. The number of nitrogens with zero attached hydrogens (tertiary/aromatic N) is 1. The van der Waals surface area contributed by atoms with Gasteiger partial charge in [0.15, 0.2) is 5.96 Å². The molecule has 0 radical (unpaired) electrons. The minimum absolute atomic E-state index is 0. The first-order chi connectivity index (χ1) is 11.1. The van der Waals surface area contributed by atoms with E-state index < -0.39 is 0 Å². The highest BCUT2D eigenvalue weighted by atomic mass is 127. The summed E-state index contributed by atoms with van der Waals surface area (Å²) in [6.45, 7) is 8.81. The summed E-state index contributed by atoms with van der Waals surface area (Å²) in [7, 11) is 0.